The van der Waals surface area contributed by atoms with E-state index in [4.69, 9.17) is 0 Å². The predicted molar refractivity (Wildman–Crippen MR) is 98.5 cm³/mol. The molecule has 8 nitrogen and oxygen atoms in total. The molecule has 2 amide bonds. The number of carbonyl (C=O) groups excluding carboxylic acids is 2. The molecule has 0 unspecified atom stereocenters. The SMILES string of the molecule is CCCNC(=NCC(=O)N(C)C)N1CCN(CC(=O)NC2CC2)CC1. The molecule has 2 rings (SSSR count). The number of aliphatic imine (C=N–C) groups is 1. The summed E-state index contributed by atoms with van der Waals surface area (Å²) in [7, 11) is 3.48. The molecule has 0 aromatic carbocycles. The minimum absolute atomic E-state index is 0.00817. The maximum atomic E-state index is 11.9. The lowest BCUT2D eigenvalue weighted by Gasteiger charge is -2.36. The molecule has 1 saturated carbocycles. The van der Waals surface area contributed by atoms with Crippen molar-refractivity contribution in [1.82, 2.24) is 25.3 Å². The molecule has 0 aromatic heterocycles. The summed E-state index contributed by atoms with van der Waals surface area (Å²) in [4.78, 5) is 34.1. The summed E-state index contributed by atoms with van der Waals surface area (Å²) in [6, 6.07) is 0.417. The maximum Gasteiger partial charge on any atom is 0.243 e. The Kier molecular flexibility index (Phi) is 7.49. The standard InChI is InChI=1S/C17H32N6O2/c1-4-7-18-17(19-12-16(25)21(2)3)23-10-8-22(9-11-23)13-15(24)20-14-5-6-14/h14H,4-13H2,1-3H3,(H,18,19)(H,20,24). The van der Waals surface area contributed by atoms with Gasteiger partial charge in [-0.1, -0.05) is 6.92 Å². The fourth-order valence-electron chi connectivity index (χ4n) is 2.61. The number of guanidine groups is 1. The highest BCUT2D eigenvalue weighted by atomic mass is 16.2. The van der Waals surface area contributed by atoms with Crippen LogP contribution in [0.15, 0.2) is 4.99 Å². The quantitative estimate of drug-likeness (QED) is 0.469. The van der Waals surface area contributed by atoms with Crippen LogP contribution in [0.4, 0.5) is 0 Å². The average molecular weight is 352 g/mol. The van der Waals surface area contributed by atoms with Crippen LogP contribution in [0, 0.1) is 0 Å². The van der Waals surface area contributed by atoms with Crippen molar-refractivity contribution in [2.75, 3.05) is 59.9 Å². The molecule has 0 aromatic rings. The third kappa shape index (κ3) is 6.89. The lowest BCUT2D eigenvalue weighted by Crippen LogP contribution is -2.54. The summed E-state index contributed by atoms with van der Waals surface area (Å²) in [5.74, 6) is 0.913. The van der Waals surface area contributed by atoms with Gasteiger partial charge in [-0.05, 0) is 19.3 Å². The van der Waals surface area contributed by atoms with Crippen molar-refractivity contribution in [3.63, 3.8) is 0 Å². The highest BCUT2D eigenvalue weighted by Gasteiger charge is 2.26. The molecule has 142 valence electrons. The van der Waals surface area contributed by atoms with Gasteiger partial charge in [0.05, 0.1) is 6.54 Å². The first-order valence-electron chi connectivity index (χ1n) is 9.24. The molecule has 1 saturated heterocycles. The van der Waals surface area contributed by atoms with Gasteiger partial charge in [-0.25, -0.2) is 4.99 Å². The van der Waals surface area contributed by atoms with Crippen molar-refractivity contribution >= 4 is 17.8 Å². The third-order valence-electron chi connectivity index (χ3n) is 4.38. The van der Waals surface area contributed by atoms with E-state index in [1.165, 1.54) is 0 Å². The van der Waals surface area contributed by atoms with Crippen LogP contribution >= 0.6 is 0 Å². The minimum atomic E-state index is -0.00817. The van der Waals surface area contributed by atoms with Crippen LogP contribution in [0.25, 0.3) is 0 Å². The lowest BCUT2D eigenvalue weighted by molar-refractivity contribution is -0.127. The van der Waals surface area contributed by atoms with Gasteiger partial charge >= 0.3 is 0 Å². The monoisotopic (exact) mass is 352 g/mol. The average Bonchev–Trinajstić information content (AvgIpc) is 3.39. The highest BCUT2D eigenvalue weighted by Crippen LogP contribution is 2.18. The fraction of sp³-hybridized carbons (Fsp3) is 0.824. The van der Waals surface area contributed by atoms with Crippen LogP contribution in [0.3, 0.4) is 0 Å². The Balaban J connectivity index is 1.81. The number of nitrogens with zero attached hydrogens (tertiary/aromatic N) is 4. The zero-order valence-electron chi connectivity index (χ0n) is 15.8. The predicted octanol–water partition coefficient (Wildman–Crippen LogP) is -0.674. The molecule has 2 N–H and O–H groups in total. The van der Waals surface area contributed by atoms with E-state index in [1.54, 1.807) is 19.0 Å². The van der Waals surface area contributed by atoms with E-state index in [-0.39, 0.29) is 18.4 Å². The van der Waals surface area contributed by atoms with Crippen molar-refractivity contribution in [2.24, 2.45) is 4.99 Å². The van der Waals surface area contributed by atoms with Crippen molar-refractivity contribution in [3.05, 3.63) is 0 Å². The maximum absolute atomic E-state index is 11.9. The van der Waals surface area contributed by atoms with E-state index in [9.17, 15) is 9.59 Å². The van der Waals surface area contributed by atoms with Crippen LogP contribution in [-0.4, -0.2) is 98.4 Å². The van der Waals surface area contributed by atoms with Gasteiger partial charge in [-0.3, -0.25) is 14.5 Å². The number of amides is 2. The number of hydrogen-bond acceptors (Lipinski definition) is 4. The first-order valence-corrected chi connectivity index (χ1v) is 9.24. The minimum Gasteiger partial charge on any atom is -0.356 e. The van der Waals surface area contributed by atoms with Gasteiger partial charge in [-0.2, -0.15) is 0 Å². The summed E-state index contributed by atoms with van der Waals surface area (Å²) >= 11 is 0. The zero-order chi connectivity index (χ0) is 18.2. The molecule has 8 heteroatoms. The highest BCUT2D eigenvalue weighted by molar-refractivity contribution is 5.85. The normalized spacial score (nSPS) is 18.8. The topological polar surface area (TPSA) is 80.3 Å². The second-order valence-electron chi connectivity index (χ2n) is 6.96. The number of piperazine rings is 1. The lowest BCUT2D eigenvalue weighted by atomic mass is 10.3. The summed E-state index contributed by atoms with van der Waals surface area (Å²) in [5, 5.41) is 6.36. The molecule has 1 aliphatic carbocycles. The first kappa shape index (κ1) is 19.5. The Labute approximate surface area is 150 Å². The molecule has 2 fully saturated rings. The van der Waals surface area contributed by atoms with E-state index in [0.29, 0.717) is 12.6 Å². The van der Waals surface area contributed by atoms with Crippen LogP contribution in [0.1, 0.15) is 26.2 Å². The van der Waals surface area contributed by atoms with Gasteiger partial charge in [-0.15, -0.1) is 0 Å². The summed E-state index contributed by atoms with van der Waals surface area (Å²) in [6.07, 6.45) is 3.24. The van der Waals surface area contributed by atoms with E-state index in [1.807, 2.05) is 0 Å². The summed E-state index contributed by atoms with van der Waals surface area (Å²) in [5.41, 5.74) is 0. The molecule has 0 spiro atoms. The van der Waals surface area contributed by atoms with Crippen molar-refractivity contribution in [3.8, 4) is 0 Å². The number of rotatable bonds is 7. The first-order chi connectivity index (χ1) is 12.0. The van der Waals surface area contributed by atoms with Gasteiger partial charge in [0, 0.05) is 52.9 Å². The Morgan fingerprint density at radius 3 is 2.40 bits per heavy atom. The van der Waals surface area contributed by atoms with Crippen LogP contribution in [-0.2, 0) is 9.59 Å². The molecular formula is C17H32N6O2. The van der Waals surface area contributed by atoms with E-state index < -0.39 is 0 Å². The van der Waals surface area contributed by atoms with E-state index >= 15 is 0 Å². The van der Waals surface area contributed by atoms with Crippen molar-refractivity contribution < 1.29 is 9.59 Å². The number of carbonyl (C=O) groups is 2. The van der Waals surface area contributed by atoms with Crippen LogP contribution in [0.5, 0.6) is 0 Å². The Morgan fingerprint density at radius 2 is 1.84 bits per heavy atom. The number of hydrogen-bond donors (Lipinski definition) is 2. The smallest absolute Gasteiger partial charge is 0.243 e. The second-order valence-corrected chi connectivity index (χ2v) is 6.96. The van der Waals surface area contributed by atoms with Gasteiger partial charge in [0.2, 0.25) is 11.8 Å². The van der Waals surface area contributed by atoms with Gasteiger partial charge in [0.15, 0.2) is 5.96 Å². The summed E-state index contributed by atoms with van der Waals surface area (Å²) < 4.78 is 0. The molecule has 1 aliphatic heterocycles. The third-order valence-corrected chi connectivity index (χ3v) is 4.38. The van der Waals surface area contributed by atoms with Gasteiger partial charge < -0.3 is 20.4 Å². The zero-order valence-corrected chi connectivity index (χ0v) is 15.8. The van der Waals surface area contributed by atoms with Crippen molar-refractivity contribution in [1.29, 1.82) is 0 Å². The van der Waals surface area contributed by atoms with Crippen molar-refractivity contribution in [2.45, 2.75) is 32.2 Å². The Bertz CT molecular complexity index is 482. The van der Waals surface area contributed by atoms with Crippen LogP contribution < -0.4 is 10.6 Å². The molecule has 1 heterocycles. The Morgan fingerprint density at radius 1 is 1.16 bits per heavy atom. The van der Waals surface area contributed by atoms with E-state index in [0.717, 1.165) is 57.9 Å². The Hall–Kier alpha value is -1.83. The van der Waals surface area contributed by atoms with Crippen LogP contribution in [0.2, 0.25) is 0 Å². The largest absolute Gasteiger partial charge is 0.356 e. The molecular weight excluding hydrogens is 320 g/mol. The number of nitrogens with one attached hydrogen (secondary N) is 2. The molecule has 25 heavy (non-hydrogen) atoms. The molecule has 0 radical (unpaired) electrons. The molecule has 2 aliphatic rings. The van der Waals surface area contributed by atoms with E-state index in [2.05, 4.69) is 32.3 Å². The van der Waals surface area contributed by atoms with Gasteiger partial charge in [0.25, 0.3) is 0 Å². The number of likely N-dealkylation sites (N-methyl/N-ethyl adjacent to an activating group) is 1. The second kappa shape index (κ2) is 9.60. The summed E-state index contributed by atoms with van der Waals surface area (Å²) in [6.45, 7) is 6.83. The molecule has 0 bridgehead atoms. The van der Waals surface area contributed by atoms with Gasteiger partial charge in [0.1, 0.15) is 6.54 Å². The fourth-order valence-corrected chi connectivity index (χ4v) is 2.61. The molecule has 0 atom stereocenters.